The van der Waals surface area contributed by atoms with E-state index in [-0.39, 0.29) is 0 Å². The van der Waals surface area contributed by atoms with Crippen LogP contribution in [-0.2, 0) is 16.7 Å². The SMILES string of the molecule is Cc1oc(-c2ccc(C(F)(F)F)cc2)cc1CSc1ccc(OCC(=O)O)c(Br)c1. The molecule has 0 atom stereocenters. The number of benzene rings is 2. The smallest absolute Gasteiger partial charge is 0.416 e. The van der Waals surface area contributed by atoms with E-state index in [0.717, 1.165) is 22.6 Å². The molecule has 0 fully saturated rings. The van der Waals surface area contributed by atoms with Gasteiger partial charge in [-0.3, -0.25) is 0 Å². The minimum Gasteiger partial charge on any atom is -0.481 e. The Morgan fingerprint density at radius 2 is 1.87 bits per heavy atom. The maximum absolute atomic E-state index is 12.7. The molecule has 0 aliphatic carbocycles. The Morgan fingerprint density at radius 1 is 1.17 bits per heavy atom. The van der Waals surface area contributed by atoms with Crippen LogP contribution in [-0.4, -0.2) is 17.7 Å². The van der Waals surface area contributed by atoms with Crippen molar-refractivity contribution < 1.29 is 32.2 Å². The van der Waals surface area contributed by atoms with Gasteiger partial charge in [-0.15, -0.1) is 11.8 Å². The van der Waals surface area contributed by atoms with Crippen molar-refractivity contribution in [2.75, 3.05) is 6.61 Å². The summed E-state index contributed by atoms with van der Waals surface area (Å²) in [5.41, 5.74) is 0.800. The molecule has 1 aromatic heterocycles. The molecule has 0 aliphatic heterocycles. The number of carboxylic acids is 1. The summed E-state index contributed by atoms with van der Waals surface area (Å²) in [5.74, 6) is 1.18. The molecule has 0 spiro atoms. The topological polar surface area (TPSA) is 59.7 Å². The number of hydrogen-bond acceptors (Lipinski definition) is 4. The zero-order valence-corrected chi connectivity index (χ0v) is 18.0. The third kappa shape index (κ3) is 5.60. The first kappa shape index (κ1) is 22.3. The molecule has 158 valence electrons. The fourth-order valence-corrected chi connectivity index (χ4v) is 4.24. The van der Waals surface area contributed by atoms with Gasteiger partial charge in [-0.25, -0.2) is 4.79 Å². The average molecular weight is 501 g/mol. The number of carboxylic acid groups (broad SMARTS) is 1. The molecule has 2 aromatic carbocycles. The van der Waals surface area contributed by atoms with Gasteiger partial charge in [-0.05, 0) is 59.3 Å². The normalized spacial score (nSPS) is 11.5. The fraction of sp³-hybridized carbons (Fsp3) is 0.190. The Hall–Kier alpha value is -2.39. The van der Waals surface area contributed by atoms with Gasteiger partial charge in [0, 0.05) is 21.8 Å². The molecule has 30 heavy (non-hydrogen) atoms. The number of halogens is 4. The average Bonchev–Trinajstić information content (AvgIpc) is 3.05. The summed E-state index contributed by atoms with van der Waals surface area (Å²) < 4.78 is 49.7. The summed E-state index contributed by atoms with van der Waals surface area (Å²) in [6, 6.07) is 12.0. The van der Waals surface area contributed by atoms with E-state index in [0.29, 0.717) is 33.1 Å². The van der Waals surface area contributed by atoms with Gasteiger partial charge in [0.25, 0.3) is 0 Å². The molecule has 0 saturated heterocycles. The zero-order valence-electron chi connectivity index (χ0n) is 15.6. The molecule has 4 nitrogen and oxygen atoms in total. The first-order valence-corrected chi connectivity index (χ1v) is 10.4. The van der Waals surface area contributed by atoms with Crippen LogP contribution in [0.3, 0.4) is 0 Å². The first-order valence-electron chi connectivity index (χ1n) is 8.67. The number of furan rings is 1. The van der Waals surface area contributed by atoms with Gasteiger partial charge >= 0.3 is 12.1 Å². The van der Waals surface area contributed by atoms with Crippen LogP contribution in [0.1, 0.15) is 16.9 Å². The molecule has 0 bridgehead atoms. The van der Waals surface area contributed by atoms with Gasteiger partial charge in [0.2, 0.25) is 0 Å². The number of alkyl halides is 3. The summed E-state index contributed by atoms with van der Waals surface area (Å²) in [6.07, 6.45) is -4.37. The van der Waals surface area contributed by atoms with Crippen LogP contribution in [0, 0.1) is 6.92 Å². The second-order valence-electron chi connectivity index (χ2n) is 6.33. The van der Waals surface area contributed by atoms with Crippen LogP contribution < -0.4 is 4.74 Å². The highest BCUT2D eigenvalue weighted by atomic mass is 79.9. The molecular formula is C21H16BrF3O4S. The van der Waals surface area contributed by atoms with Crippen molar-refractivity contribution in [1.29, 1.82) is 0 Å². The van der Waals surface area contributed by atoms with Crippen molar-refractivity contribution in [3.05, 3.63) is 69.9 Å². The molecule has 0 radical (unpaired) electrons. The monoisotopic (exact) mass is 500 g/mol. The van der Waals surface area contributed by atoms with E-state index in [9.17, 15) is 18.0 Å². The van der Waals surface area contributed by atoms with Crippen molar-refractivity contribution in [1.82, 2.24) is 0 Å². The Labute approximate surface area is 183 Å². The lowest BCUT2D eigenvalue weighted by Gasteiger charge is -2.07. The third-order valence-corrected chi connectivity index (χ3v) is 5.83. The van der Waals surface area contributed by atoms with Crippen LogP contribution in [0.25, 0.3) is 11.3 Å². The Balaban J connectivity index is 1.68. The summed E-state index contributed by atoms with van der Waals surface area (Å²) in [6.45, 7) is 1.38. The molecule has 0 unspecified atom stereocenters. The molecule has 1 heterocycles. The number of aliphatic carboxylic acids is 1. The molecular weight excluding hydrogens is 485 g/mol. The van der Waals surface area contributed by atoms with Gasteiger partial charge < -0.3 is 14.3 Å². The number of hydrogen-bond donors (Lipinski definition) is 1. The van der Waals surface area contributed by atoms with Gasteiger partial charge in [0.15, 0.2) is 6.61 Å². The molecule has 3 aromatic rings. The largest absolute Gasteiger partial charge is 0.481 e. The first-order chi connectivity index (χ1) is 14.1. The van der Waals surface area contributed by atoms with Crippen LogP contribution in [0.4, 0.5) is 13.2 Å². The molecule has 0 amide bonds. The summed E-state index contributed by atoms with van der Waals surface area (Å²) in [7, 11) is 0. The van der Waals surface area contributed by atoms with E-state index in [1.807, 2.05) is 25.1 Å². The minimum absolute atomic E-state index is 0.425. The lowest BCUT2D eigenvalue weighted by molar-refractivity contribution is -0.139. The van der Waals surface area contributed by atoms with E-state index in [1.54, 1.807) is 6.07 Å². The van der Waals surface area contributed by atoms with Crippen molar-refractivity contribution >= 4 is 33.7 Å². The van der Waals surface area contributed by atoms with Gasteiger partial charge in [0.05, 0.1) is 10.0 Å². The molecule has 0 saturated carbocycles. The van der Waals surface area contributed by atoms with Crippen LogP contribution >= 0.6 is 27.7 Å². The quantitative estimate of drug-likeness (QED) is 0.361. The van der Waals surface area contributed by atoms with Crippen molar-refractivity contribution in [3.8, 4) is 17.1 Å². The predicted octanol–water partition coefficient (Wildman–Crippen LogP) is 6.79. The second-order valence-corrected chi connectivity index (χ2v) is 8.23. The highest BCUT2D eigenvalue weighted by Crippen LogP contribution is 2.35. The number of thioether (sulfide) groups is 1. The van der Waals surface area contributed by atoms with Crippen molar-refractivity contribution in [3.63, 3.8) is 0 Å². The Kier molecular flexibility index (Phi) is 6.82. The number of rotatable bonds is 7. The number of aryl methyl sites for hydroxylation is 1. The number of ether oxygens (including phenoxy) is 1. The molecule has 9 heteroatoms. The number of carbonyl (C=O) groups is 1. The van der Waals surface area contributed by atoms with Gasteiger partial charge in [-0.1, -0.05) is 12.1 Å². The van der Waals surface area contributed by atoms with Crippen LogP contribution in [0.5, 0.6) is 5.75 Å². The van der Waals surface area contributed by atoms with E-state index >= 15 is 0 Å². The van der Waals surface area contributed by atoms with Gasteiger partial charge in [0.1, 0.15) is 17.3 Å². The Morgan fingerprint density at radius 3 is 2.47 bits per heavy atom. The maximum atomic E-state index is 12.7. The van der Waals surface area contributed by atoms with Crippen molar-refractivity contribution in [2.45, 2.75) is 23.7 Å². The van der Waals surface area contributed by atoms with E-state index in [1.165, 1.54) is 23.9 Å². The zero-order chi connectivity index (χ0) is 21.9. The third-order valence-electron chi connectivity index (χ3n) is 4.17. The molecule has 0 aliphatic rings. The molecule has 3 rings (SSSR count). The van der Waals surface area contributed by atoms with Crippen molar-refractivity contribution in [2.24, 2.45) is 0 Å². The summed E-state index contributed by atoms with van der Waals surface area (Å²) >= 11 is 4.90. The standard InChI is InChI=1S/C21H16BrF3O4S/c1-12-14(8-19(29-12)13-2-4-15(5-3-13)21(23,24)25)11-30-16-6-7-18(17(22)9-16)28-10-20(26)27/h2-9H,10-11H2,1H3,(H,26,27). The van der Waals surface area contributed by atoms with Crippen LogP contribution in [0.15, 0.2) is 62.3 Å². The van der Waals surface area contributed by atoms with Gasteiger partial charge in [-0.2, -0.15) is 13.2 Å². The predicted molar refractivity (Wildman–Crippen MR) is 111 cm³/mol. The minimum atomic E-state index is -4.37. The van der Waals surface area contributed by atoms with E-state index < -0.39 is 24.3 Å². The summed E-state index contributed by atoms with van der Waals surface area (Å²) in [4.78, 5) is 11.5. The summed E-state index contributed by atoms with van der Waals surface area (Å²) in [5, 5.41) is 8.69. The highest BCUT2D eigenvalue weighted by Gasteiger charge is 2.30. The fourth-order valence-electron chi connectivity index (χ4n) is 2.62. The lowest BCUT2D eigenvalue weighted by Crippen LogP contribution is -2.09. The lowest BCUT2D eigenvalue weighted by atomic mass is 10.1. The van der Waals surface area contributed by atoms with E-state index in [2.05, 4.69) is 15.9 Å². The maximum Gasteiger partial charge on any atom is 0.416 e. The highest BCUT2D eigenvalue weighted by molar-refractivity contribution is 9.10. The second kappa shape index (κ2) is 9.18. The molecule has 1 N–H and O–H groups in total. The van der Waals surface area contributed by atoms with E-state index in [4.69, 9.17) is 14.3 Å². The Bertz CT molecular complexity index is 1050. The van der Waals surface area contributed by atoms with Crippen LogP contribution in [0.2, 0.25) is 0 Å².